The van der Waals surface area contributed by atoms with Crippen molar-refractivity contribution >= 4 is 11.9 Å². The molecule has 0 radical (unpaired) electrons. The first kappa shape index (κ1) is 16.5. The third-order valence-electron chi connectivity index (χ3n) is 3.91. The number of benzene rings is 2. The van der Waals surface area contributed by atoms with E-state index in [1.165, 1.54) is 10.8 Å². The minimum Gasteiger partial charge on any atom is -0.497 e. The number of rotatable bonds is 5. The molecule has 0 saturated heterocycles. The Bertz CT molecular complexity index is 964. The number of hydrogen-bond donors (Lipinski definition) is 1. The van der Waals surface area contributed by atoms with Crippen LogP contribution in [0.15, 0.2) is 65.5 Å². The number of nitrogens with one attached hydrogen (secondary N) is 1. The highest BCUT2D eigenvalue weighted by molar-refractivity contribution is 6.06. The Morgan fingerprint density at radius 3 is 2.40 bits per heavy atom. The molecule has 1 aromatic heterocycles. The van der Waals surface area contributed by atoms with Crippen LogP contribution < -0.4 is 10.3 Å². The molecule has 126 valence electrons. The number of hydrogen-bond acceptors (Lipinski definition) is 3. The van der Waals surface area contributed by atoms with E-state index in [1.807, 2.05) is 30.3 Å². The quantitative estimate of drug-likeness (QED) is 0.575. The standard InChI is InChI=1S/C20H18N2O3/c1-14-18(20(24)22(21-14)16-6-4-3-5-7-16)12-13-19(23)15-8-10-17(25-2)11-9-15/h3-13,21H,1-2H3/b13-12+. The molecule has 3 aromatic rings. The monoisotopic (exact) mass is 334 g/mol. The molecule has 1 N–H and O–H groups in total. The molecule has 0 bridgehead atoms. The second-order valence-electron chi connectivity index (χ2n) is 5.55. The molecule has 0 aliphatic carbocycles. The van der Waals surface area contributed by atoms with Crippen LogP contribution in [0, 0.1) is 6.92 Å². The van der Waals surface area contributed by atoms with Gasteiger partial charge in [-0.25, -0.2) is 4.68 Å². The molecule has 1 heterocycles. The fourth-order valence-corrected chi connectivity index (χ4v) is 2.53. The molecule has 5 nitrogen and oxygen atoms in total. The molecule has 0 aliphatic heterocycles. The first-order valence-electron chi connectivity index (χ1n) is 7.83. The summed E-state index contributed by atoms with van der Waals surface area (Å²) in [4.78, 5) is 24.8. The van der Waals surface area contributed by atoms with E-state index in [1.54, 1.807) is 44.4 Å². The van der Waals surface area contributed by atoms with E-state index in [9.17, 15) is 9.59 Å². The third-order valence-corrected chi connectivity index (χ3v) is 3.91. The Hall–Kier alpha value is -3.34. The average molecular weight is 334 g/mol. The predicted molar refractivity (Wildman–Crippen MR) is 97.5 cm³/mol. The predicted octanol–water partition coefficient (Wildman–Crippen LogP) is 3.38. The Kier molecular flexibility index (Phi) is 4.66. The Morgan fingerprint density at radius 2 is 1.76 bits per heavy atom. The van der Waals surface area contributed by atoms with Gasteiger partial charge in [-0.1, -0.05) is 18.2 Å². The number of methoxy groups -OCH3 is 1. The first-order chi connectivity index (χ1) is 12.1. The Morgan fingerprint density at radius 1 is 1.08 bits per heavy atom. The van der Waals surface area contributed by atoms with Gasteiger partial charge < -0.3 is 4.74 Å². The number of carbonyl (C=O) groups is 1. The topological polar surface area (TPSA) is 64.1 Å². The zero-order valence-corrected chi connectivity index (χ0v) is 14.0. The molecule has 0 spiro atoms. The van der Waals surface area contributed by atoms with Crippen LogP contribution in [0.1, 0.15) is 21.6 Å². The van der Waals surface area contributed by atoms with Crippen molar-refractivity contribution in [2.75, 3.05) is 7.11 Å². The first-order valence-corrected chi connectivity index (χ1v) is 7.83. The van der Waals surface area contributed by atoms with E-state index in [2.05, 4.69) is 5.10 Å². The van der Waals surface area contributed by atoms with E-state index in [-0.39, 0.29) is 11.3 Å². The van der Waals surface area contributed by atoms with Gasteiger partial charge >= 0.3 is 0 Å². The second kappa shape index (κ2) is 7.05. The van der Waals surface area contributed by atoms with Crippen molar-refractivity contribution in [1.29, 1.82) is 0 Å². The largest absolute Gasteiger partial charge is 0.497 e. The van der Waals surface area contributed by atoms with Crippen LogP contribution in [-0.2, 0) is 0 Å². The molecular formula is C20H18N2O3. The van der Waals surface area contributed by atoms with Crippen LogP contribution in [0.25, 0.3) is 11.8 Å². The minimum atomic E-state index is -0.192. The Labute approximate surface area is 145 Å². The summed E-state index contributed by atoms with van der Waals surface area (Å²) in [7, 11) is 1.57. The average Bonchev–Trinajstić information content (AvgIpc) is 2.94. The van der Waals surface area contributed by atoms with Gasteiger partial charge in [0.05, 0.1) is 18.4 Å². The maximum atomic E-state index is 12.6. The molecule has 25 heavy (non-hydrogen) atoms. The number of carbonyl (C=O) groups excluding carboxylic acids is 1. The van der Waals surface area contributed by atoms with Gasteiger partial charge in [-0.15, -0.1) is 0 Å². The zero-order valence-electron chi connectivity index (χ0n) is 14.0. The zero-order chi connectivity index (χ0) is 17.8. The summed E-state index contributed by atoms with van der Waals surface area (Å²) in [6.45, 7) is 1.80. The van der Waals surface area contributed by atoms with E-state index < -0.39 is 0 Å². The SMILES string of the molecule is COc1ccc(C(=O)/C=C/c2c(C)[nH]n(-c3ccccc3)c2=O)cc1. The van der Waals surface area contributed by atoms with E-state index >= 15 is 0 Å². The van der Waals surface area contributed by atoms with Gasteiger partial charge in [0.2, 0.25) is 0 Å². The van der Waals surface area contributed by atoms with Crippen molar-refractivity contribution in [2.24, 2.45) is 0 Å². The molecule has 0 saturated carbocycles. The molecule has 2 aromatic carbocycles. The second-order valence-corrected chi connectivity index (χ2v) is 5.55. The van der Waals surface area contributed by atoms with Crippen LogP contribution >= 0.6 is 0 Å². The smallest absolute Gasteiger partial charge is 0.278 e. The fraction of sp³-hybridized carbons (Fsp3) is 0.100. The molecule has 0 atom stereocenters. The van der Waals surface area contributed by atoms with Crippen molar-refractivity contribution in [2.45, 2.75) is 6.92 Å². The summed E-state index contributed by atoms with van der Waals surface area (Å²) >= 11 is 0. The molecule has 0 fully saturated rings. The molecular weight excluding hydrogens is 316 g/mol. The number of H-pyrrole nitrogens is 1. The van der Waals surface area contributed by atoms with Crippen molar-refractivity contribution < 1.29 is 9.53 Å². The summed E-state index contributed by atoms with van der Waals surface area (Å²) in [6, 6.07) is 16.1. The van der Waals surface area contributed by atoms with Crippen molar-refractivity contribution in [1.82, 2.24) is 9.78 Å². The molecule has 0 unspecified atom stereocenters. The van der Waals surface area contributed by atoms with Crippen LogP contribution in [0.2, 0.25) is 0 Å². The minimum absolute atomic E-state index is 0.172. The van der Waals surface area contributed by atoms with Gasteiger partial charge in [-0.3, -0.25) is 14.7 Å². The highest BCUT2D eigenvalue weighted by Crippen LogP contribution is 2.13. The van der Waals surface area contributed by atoms with Gasteiger partial charge in [0, 0.05) is 11.3 Å². The number of ketones is 1. The van der Waals surface area contributed by atoms with Crippen LogP contribution in [0.3, 0.4) is 0 Å². The third kappa shape index (κ3) is 3.45. The van der Waals surface area contributed by atoms with Gasteiger partial charge in [0.25, 0.3) is 5.56 Å². The Balaban J connectivity index is 1.87. The van der Waals surface area contributed by atoms with Crippen LogP contribution in [0.5, 0.6) is 5.75 Å². The van der Waals surface area contributed by atoms with E-state index in [0.29, 0.717) is 22.6 Å². The normalized spacial score (nSPS) is 11.0. The van der Waals surface area contributed by atoms with Gasteiger partial charge in [0.15, 0.2) is 5.78 Å². The van der Waals surface area contributed by atoms with Crippen molar-refractivity contribution in [3.63, 3.8) is 0 Å². The number of aryl methyl sites for hydroxylation is 1. The van der Waals surface area contributed by atoms with Crippen molar-refractivity contribution in [3.8, 4) is 11.4 Å². The fourth-order valence-electron chi connectivity index (χ4n) is 2.53. The van der Waals surface area contributed by atoms with Crippen LogP contribution in [-0.4, -0.2) is 22.7 Å². The number of ether oxygens (including phenoxy) is 1. The number of aromatic amines is 1. The summed E-state index contributed by atoms with van der Waals surface area (Å²) in [6.07, 6.45) is 2.97. The summed E-state index contributed by atoms with van der Waals surface area (Å²) < 4.78 is 6.54. The van der Waals surface area contributed by atoms with E-state index in [0.717, 1.165) is 5.69 Å². The van der Waals surface area contributed by atoms with Gasteiger partial charge in [-0.05, 0) is 55.5 Å². The molecule has 0 amide bonds. The number of para-hydroxylation sites is 1. The lowest BCUT2D eigenvalue weighted by Crippen LogP contribution is -2.15. The molecule has 5 heteroatoms. The maximum absolute atomic E-state index is 12.6. The lowest BCUT2D eigenvalue weighted by Gasteiger charge is -2.00. The number of aromatic nitrogens is 2. The van der Waals surface area contributed by atoms with Crippen molar-refractivity contribution in [3.05, 3.63) is 87.8 Å². The lowest BCUT2D eigenvalue weighted by atomic mass is 10.1. The summed E-state index contributed by atoms with van der Waals surface area (Å²) in [5.41, 5.74) is 2.26. The summed E-state index contributed by atoms with van der Waals surface area (Å²) in [5.74, 6) is 0.515. The summed E-state index contributed by atoms with van der Waals surface area (Å²) in [5, 5.41) is 3.03. The van der Waals surface area contributed by atoms with Crippen LogP contribution in [0.4, 0.5) is 0 Å². The number of allylic oxidation sites excluding steroid dienone is 1. The maximum Gasteiger partial charge on any atom is 0.278 e. The number of nitrogens with zero attached hydrogens (tertiary/aromatic N) is 1. The highest BCUT2D eigenvalue weighted by Gasteiger charge is 2.10. The highest BCUT2D eigenvalue weighted by atomic mass is 16.5. The van der Waals surface area contributed by atoms with Gasteiger partial charge in [-0.2, -0.15) is 0 Å². The molecule has 3 rings (SSSR count). The molecule has 0 aliphatic rings. The van der Waals surface area contributed by atoms with E-state index in [4.69, 9.17) is 4.74 Å². The lowest BCUT2D eigenvalue weighted by molar-refractivity contribution is 0.104. The van der Waals surface area contributed by atoms with Gasteiger partial charge in [0.1, 0.15) is 5.75 Å².